The van der Waals surface area contributed by atoms with Crippen molar-refractivity contribution in [3.63, 3.8) is 0 Å². The molecule has 3 radical (unpaired) electrons. The molecule has 1 unspecified atom stereocenters. The molecule has 0 aromatic rings. The van der Waals surface area contributed by atoms with Gasteiger partial charge in [0.25, 0.3) is 0 Å². The molecule has 0 heterocycles. The van der Waals surface area contributed by atoms with Crippen LogP contribution in [-0.4, -0.2) is 59.2 Å². The topological polar surface area (TPSA) is 0 Å². The monoisotopic (exact) mass is 107 g/mol. The summed E-state index contributed by atoms with van der Waals surface area (Å²) in [4.78, 5) is 0. The van der Waals surface area contributed by atoms with Gasteiger partial charge in [0, 0.05) is 51.4 Å². The number of rotatable bonds is 1. The maximum Gasteiger partial charge on any atom is 0.0695 e. The van der Waals surface area contributed by atoms with Crippen molar-refractivity contribution < 1.29 is 0 Å². The predicted molar refractivity (Wildman–Crippen MR) is 31.2 cm³/mol. The average molecular weight is 107 g/mol. The quantitative estimate of drug-likeness (QED) is 0.438. The Labute approximate surface area is 83.9 Å². The zero-order chi connectivity index (χ0) is 4.28. The van der Waals surface area contributed by atoms with Gasteiger partial charge in [0.15, 0.2) is 0 Å². The Kier molecular flexibility index (Phi) is 11.9. The fourth-order valence-electron chi connectivity index (χ4n) is 0. The molecule has 0 rings (SSSR count). The van der Waals surface area contributed by atoms with E-state index < -0.39 is 0 Å². The van der Waals surface area contributed by atoms with Gasteiger partial charge >= 0.3 is 0 Å². The molecule has 0 aliphatic heterocycles. The summed E-state index contributed by atoms with van der Waals surface area (Å²) in [7, 11) is 5.29. The van der Waals surface area contributed by atoms with Gasteiger partial charge in [-0.15, -0.1) is 0 Å². The molecule has 0 saturated heterocycles. The second-order valence-electron chi connectivity index (χ2n) is 1.39. The van der Waals surface area contributed by atoms with Gasteiger partial charge in [-0.25, -0.2) is 0 Å². The van der Waals surface area contributed by atoms with Crippen LogP contribution in [0.5, 0.6) is 0 Å². The zero-order valence-electron chi connectivity index (χ0n) is 4.86. The van der Waals surface area contributed by atoms with Crippen molar-refractivity contribution in [1.29, 1.82) is 0 Å². The first-order chi connectivity index (χ1) is 2.27. The molecule has 2 heteroatoms. The van der Waals surface area contributed by atoms with Crippen molar-refractivity contribution in [3.8, 4) is 0 Å². The van der Waals surface area contributed by atoms with Crippen LogP contribution in [0.3, 0.4) is 0 Å². The molecular weight excluding hydrogens is 98.0 g/mol. The van der Waals surface area contributed by atoms with Crippen LogP contribution in [0.4, 0.5) is 0 Å². The van der Waals surface area contributed by atoms with Crippen LogP contribution in [0.25, 0.3) is 0 Å². The fraction of sp³-hybridized carbons (Fsp3) is 1.00. The van der Waals surface area contributed by atoms with E-state index in [9.17, 15) is 0 Å². The Hall–Kier alpha value is 1.70. The van der Waals surface area contributed by atoms with Gasteiger partial charge in [-0.1, -0.05) is 26.1 Å². The predicted octanol–water partition coefficient (Wildman–Crippen LogP) is 0.992. The average Bonchev–Trinajstić information content (AvgIpc) is 1.38. The van der Waals surface area contributed by atoms with Gasteiger partial charge in [0.05, 0.1) is 7.85 Å². The molecule has 0 spiro atoms. The Morgan fingerprint density at radius 2 is 1.83 bits per heavy atom. The molecule has 0 aliphatic rings. The molecular formula is C4H9BK. The second-order valence-corrected chi connectivity index (χ2v) is 1.39. The molecule has 0 saturated carbocycles. The molecule has 29 valence electrons. The first kappa shape index (κ1) is 10.6. The zero-order valence-corrected chi connectivity index (χ0v) is 7.98. The van der Waals surface area contributed by atoms with E-state index >= 15 is 0 Å². The third-order valence-electron chi connectivity index (χ3n) is 0.644. The third-order valence-corrected chi connectivity index (χ3v) is 0.644. The van der Waals surface area contributed by atoms with E-state index in [-0.39, 0.29) is 51.4 Å². The summed E-state index contributed by atoms with van der Waals surface area (Å²) >= 11 is 0. The van der Waals surface area contributed by atoms with Crippen molar-refractivity contribution in [2.24, 2.45) is 0 Å². The van der Waals surface area contributed by atoms with E-state index in [4.69, 9.17) is 7.85 Å². The molecule has 1 atom stereocenters. The Balaban J connectivity index is 0. The summed E-state index contributed by atoms with van der Waals surface area (Å²) in [6.07, 6.45) is 1.08. The van der Waals surface area contributed by atoms with Crippen LogP contribution in [-0.2, 0) is 0 Å². The van der Waals surface area contributed by atoms with E-state index in [1.54, 1.807) is 0 Å². The van der Waals surface area contributed by atoms with E-state index in [0.717, 1.165) is 6.42 Å². The van der Waals surface area contributed by atoms with E-state index in [1.807, 2.05) is 6.92 Å². The van der Waals surface area contributed by atoms with Crippen LogP contribution >= 0.6 is 0 Å². The van der Waals surface area contributed by atoms with E-state index in [1.165, 1.54) is 0 Å². The normalized spacial score (nSPS) is 12.3. The first-order valence-electron chi connectivity index (χ1n) is 2.03. The fourth-order valence-corrected chi connectivity index (χ4v) is 0. The smallest absolute Gasteiger partial charge is 0.0695 e. The Morgan fingerprint density at radius 3 is 1.83 bits per heavy atom. The van der Waals surface area contributed by atoms with Crippen molar-refractivity contribution in [2.75, 3.05) is 0 Å². The van der Waals surface area contributed by atoms with Gasteiger partial charge < -0.3 is 0 Å². The van der Waals surface area contributed by atoms with Crippen molar-refractivity contribution in [2.45, 2.75) is 26.1 Å². The molecule has 0 aromatic heterocycles. The summed E-state index contributed by atoms with van der Waals surface area (Å²) in [6.45, 7) is 4.07. The summed E-state index contributed by atoms with van der Waals surface area (Å²) in [5.74, 6) is 0.384. The third kappa shape index (κ3) is 9.20. The standard InChI is InChI=1S/C4H9B.K/c1-3-4(2)5;/h4H,3H2,1-2H3;. The minimum Gasteiger partial charge on any atom is -0.0804 e. The van der Waals surface area contributed by atoms with Gasteiger partial charge in [-0.3, -0.25) is 0 Å². The maximum absolute atomic E-state index is 5.29. The van der Waals surface area contributed by atoms with Crippen LogP contribution < -0.4 is 0 Å². The minimum atomic E-state index is 0. The van der Waals surface area contributed by atoms with Crippen LogP contribution in [0.15, 0.2) is 0 Å². The minimum absolute atomic E-state index is 0. The van der Waals surface area contributed by atoms with Crippen LogP contribution in [0.2, 0.25) is 5.82 Å². The Bertz CT molecular complexity index is 21.5. The molecule has 0 bridgehead atoms. The van der Waals surface area contributed by atoms with Gasteiger partial charge in [0.2, 0.25) is 0 Å². The molecule has 0 amide bonds. The summed E-state index contributed by atoms with van der Waals surface area (Å²) < 4.78 is 0. The van der Waals surface area contributed by atoms with Crippen molar-refractivity contribution in [3.05, 3.63) is 0 Å². The van der Waals surface area contributed by atoms with Gasteiger partial charge in [0.1, 0.15) is 0 Å². The van der Waals surface area contributed by atoms with Gasteiger partial charge in [-0.05, 0) is 0 Å². The molecule has 0 fully saturated rings. The maximum atomic E-state index is 5.29. The van der Waals surface area contributed by atoms with Crippen molar-refractivity contribution >= 4 is 59.2 Å². The second kappa shape index (κ2) is 6.70. The SMILES string of the molecule is [B]C(C)CC.[K]. The number of hydrogen-bond acceptors (Lipinski definition) is 0. The molecule has 0 nitrogen and oxygen atoms in total. The van der Waals surface area contributed by atoms with Crippen LogP contribution in [0, 0.1) is 0 Å². The van der Waals surface area contributed by atoms with Crippen molar-refractivity contribution in [1.82, 2.24) is 0 Å². The first-order valence-corrected chi connectivity index (χ1v) is 2.03. The summed E-state index contributed by atoms with van der Waals surface area (Å²) in [5.41, 5.74) is 0. The van der Waals surface area contributed by atoms with E-state index in [2.05, 4.69) is 6.92 Å². The molecule has 0 aliphatic carbocycles. The Morgan fingerprint density at radius 1 is 1.67 bits per heavy atom. The molecule has 0 aromatic carbocycles. The summed E-state index contributed by atoms with van der Waals surface area (Å²) in [6, 6.07) is 0. The molecule has 6 heavy (non-hydrogen) atoms. The van der Waals surface area contributed by atoms with Crippen LogP contribution in [0.1, 0.15) is 20.3 Å². The van der Waals surface area contributed by atoms with E-state index in [0.29, 0.717) is 5.82 Å². The number of hydrogen-bond donors (Lipinski definition) is 0. The summed E-state index contributed by atoms with van der Waals surface area (Å²) in [5, 5.41) is 0. The molecule has 0 N–H and O–H groups in total. The largest absolute Gasteiger partial charge is 0.0804 e. The van der Waals surface area contributed by atoms with Gasteiger partial charge in [-0.2, -0.15) is 0 Å².